The Morgan fingerprint density at radius 1 is 1.00 bits per heavy atom. The summed E-state index contributed by atoms with van der Waals surface area (Å²) in [6.07, 6.45) is 0.404. The summed E-state index contributed by atoms with van der Waals surface area (Å²) in [7, 11) is 0. The molecule has 0 spiro atoms. The standard InChI is InChI=1S/C17H16BrF2N/c18-13-8-6-12(7-9-13)16-15(10-11-17(16,19)20)21-14-4-2-1-3-5-14/h1-9,15-16,21H,10-11H2. The molecular weight excluding hydrogens is 336 g/mol. The summed E-state index contributed by atoms with van der Waals surface area (Å²) in [5.41, 5.74) is 1.58. The molecule has 0 amide bonds. The second kappa shape index (κ2) is 5.76. The topological polar surface area (TPSA) is 12.0 Å². The Kier molecular flexibility index (Phi) is 3.98. The van der Waals surface area contributed by atoms with E-state index in [9.17, 15) is 8.78 Å². The van der Waals surface area contributed by atoms with Crippen LogP contribution in [0.2, 0.25) is 0 Å². The summed E-state index contributed by atoms with van der Waals surface area (Å²) < 4.78 is 29.5. The Morgan fingerprint density at radius 2 is 1.67 bits per heavy atom. The van der Waals surface area contributed by atoms with Crippen LogP contribution in [0, 0.1) is 0 Å². The van der Waals surface area contributed by atoms with E-state index in [2.05, 4.69) is 21.2 Å². The maximum absolute atomic E-state index is 14.3. The van der Waals surface area contributed by atoms with Crippen LogP contribution >= 0.6 is 15.9 Å². The second-order valence-electron chi connectivity index (χ2n) is 5.45. The first kappa shape index (κ1) is 14.5. The van der Waals surface area contributed by atoms with Crippen molar-refractivity contribution in [3.8, 4) is 0 Å². The zero-order valence-electron chi connectivity index (χ0n) is 11.4. The zero-order valence-corrected chi connectivity index (χ0v) is 13.0. The SMILES string of the molecule is FC1(F)CCC(Nc2ccccc2)C1c1ccc(Br)cc1. The molecule has 1 N–H and O–H groups in total. The van der Waals surface area contributed by atoms with E-state index >= 15 is 0 Å². The summed E-state index contributed by atoms with van der Waals surface area (Å²) in [5.74, 6) is -3.45. The second-order valence-corrected chi connectivity index (χ2v) is 6.36. The van der Waals surface area contributed by atoms with Crippen molar-refractivity contribution in [3.05, 3.63) is 64.6 Å². The zero-order chi connectivity index (χ0) is 14.9. The van der Waals surface area contributed by atoms with E-state index in [4.69, 9.17) is 0 Å². The highest BCUT2D eigenvalue weighted by Gasteiger charge is 2.50. The molecule has 1 saturated carbocycles. The highest BCUT2D eigenvalue weighted by molar-refractivity contribution is 9.10. The number of halogens is 3. The lowest BCUT2D eigenvalue weighted by Gasteiger charge is -2.26. The van der Waals surface area contributed by atoms with Crippen LogP contribution in [0.25, 0.3) is 0 Å². The lowest BCUT2D eigenvalue weighted by molar-refractivity contribution is -0.0101. The van der Waals surface area contributed by atoms with Crippen molar-refractivity contribution in [2.45, 2.75) is 30.7 Å². The van der Waals surface area contributed by atoms with Crippen molar-refractivity contribution in [2.24, 2.45) is 0 Å². The summed E-state index contributed by atoms with van der Waals surface area (Å²) in [5, 5.41) is 3.27. The van der Waals surface area contributed by atoms with Gasteiger partial charge in [-0.1, -0.05) is 46.3 Å². The molecule has 0 saturated heterocycles. The molecule has 1 nitrogen and oxygen atoms in total. The van der Waals surface area contributed by atoms with E-state index in [0.717, 1.165) is 10.2 Å². The number of para-hydroxylation sites is 1. The van der Waals surface area contributed by atoms with Crippen LogP contribution in [0.5, 0.6) is 0 Å². The van der Waals surface area contributed by atoms with E-state index < -0.39 is 11.8 Å². The van der Waals surface area contributed by atoms with Gasteiger partial charge in [0.2, 0.25) is 0 Å². The fourth-order valence-corrected chi connectivity index (χ4v) is 3.28. The molecule has 2 unspecified atom stereocenters. The van der Waals surface area contributed by atoms with Crippen LogP contribution in [0.15, 0.2) is 59.1 Å². The molecule has 2 aromatic carbocycles. The fraction of sp³-hybridized carbons (Fsp3) is 0.294. The maximum atomic E-state index is 14.3. The molecule has 110 valence electrons. The number of nitrogens with one attached hydrogen (secondary N) is 1. The Balaban J connectivity index is 1.87. The van der Waals surface area contributed by atoms with Crippen molar-refractivity contribution in [2.75, 3.05) is 5.32 Å². The minimum atomic E-state index is -2.67. The van der Waals surface area contributed by atoms with Gasteiger partial charge in [0.1, 0.15) is 0 Å². The minimum absolute atomic E-state index is 0.0712. The van der Waals surface area contributed by atoms with Crippen molar-refractivity contribution in [1.29, 1.82) is 0 Å². The van der Waals surface area contributed by atoms with Gasteiger partial charge >= 0.3 is 0 Å². The third-order valence-corrected chi connectivity index (χ3v) is 4.53. The summed E-state index contributed by atoms with van der Waals surface area (Å²) in [6.45, 7) is 0. The summed E-state index contributed by atoms with van der Waals surface area (Å²) in [6, 6.07) is 16.5. The maximum Gasteiger partial charge on any atom is 0.256 e. The molecular formula is C17H16BrF2N. The molecule has 2 atom stereocenters. The molecule has 0 aliphatic heterocycles. The third-order valence-electron chi connectivity index (χ3n) is 4.00. The van der Waals surface area contributed by atoms with E-state index in [1.807, 2.05) is 42.5 Å². The molecule has 1 fully saturated rings. The lowest BCUT2D eigenvalue weighted by atomic mass is 9.91. The molecule has 0 heterocycles. The number of hydrogen-bond acceptors (Lipinski definition) is 1. The van der Waals surface area contributed by atoms with Gasteiger partial charge in [0.05, 0.1) is 5.92 Å². The third kappa shape index (κ3) is 3.10. The number of benzene rings is 2. The van der Waals surface area contributed by atoms with Gasteiger partial charge < -0.3 is 5.32 Å². The van der Waals surface area contributed by atoms with Gasteiger partial charge in [0, 0.05) is 22.6 Å². The van der Waals surface area contributed by atoms with Crippen molar-refractivity contribution in [3.63, 3.8) is 0 Å². The largest absolute Gasteiger partial charge is 0.381 e. The number of hydrogen-bond donors (Lipinski definition) is 1. The Hall–Kier alpha value is -1.42. The first-order chi connectivity index (χ1) is 10.1. The van der Waals surface area contributed by atoms with E-state index in [1.165, 1.54) is 0 Å². The number of alkyl halides is 2. The molecule has 1 aliphatic carbocycles. The lowest BCUT2D eigenvalue weighted by Crippen LogP contribution is -2.31. The Bertz CT molecular complexity index is 598. The molecule has 0 aromatic heterocycles. The highest BCUT2D eigenvalue weighted by atomic mass is 79.9. The van der Waals surface area contributed by atoms with Gasteiger partial charge in [-0.3, -0.25) is 0 Å². The molecule has 21 heavy (non-hydrogen) atoms. The average molecular weight is 352 g/mol. The molecule has 0 bridgehead atoms. The highest BCUT2D eigenvalue weighted by Crippen LogP contribution is 2.47. The van der Waals surface area contributed by atoms with Crippen LogP contribution in [-0.4, -0.2) is 12.0 Å². The fourth-order valence-electron chi connectivity index (χ4n) is 3.01. The van der Waals surface area contributed by atoms with Crippen molar-refractivity contribution in [1.82, 2.24) is 0 Å². The van der Waals surface area contributed by atoms with Gasteiger partial charge in [-0.2, -0.15) is 0 Å². The van der Waals surface area contributed by atoms with Crippen molar-refractivity contribution >= 4 is 21.6 Å². The Morgan fingerprint density at radius 3 is 2.33 bits per heavy atom. The monoisotopic (exact) mass is 351 g/mol. The van der Waals surface area contributed by atoms with Gasteiger partial charge in [0.15, 0.2) is 0 Å². The van der Waals surface area contributed by atoms with E-state index in [-0.39, 0.29) is 12.5 Å². The van der Waals surface area contributed by atoms with Crippen LogP contribution in [0.1, 0.15) is 24.3 Å². The first-order valence-electron chi connectivity index (χ1n) is 7.01. The first-order valence-corrected chi connectivity index (χ1v) is 7.80. The quantitative estimate of drug-likeness (QED) is 0.775. The normalized spacial score (nSPS) is 24.0. The molecule has 0 radical (unpaired) electrons. The average Bonchev–Trinajstić information content (AvgIpc) is 2.76. The van der Waals surface area contributed by atoms with Gasteiger partial charge in [-0.25, -0.2) is 8.78 Å². The molecule has 4 heteroatoms. The van der Waals surface area contributed by atoms with Crippen LogP contribution in [0.4, 0.5) is 14.5 Å². The smallest absolute Gasteiger partial charge is 0.256 e. The summed E-state index contributed by atoms with van der Waals surface area (Å²) >= 11 is 3.35. The Labute approximate surface area is 131 Å². The predicted molar refractivity (Wildman–Crippen MR) is 84.9 cm³/mol. The summed E-state index contributed by atoms with van der Waals surface area (Å²) in [4.78, 5) is 0. The minimum Gasteiger partial charge on any atom is -0.381 e. The molecule has 1 aliphatic rings. The van der Waals surface area contributed by atoms with Gasteiger partial charge in [0.25, 0.3) is 5.92 Å². The molecule has 2 aromatic rings. The van der Waals surface area contributed by atoms with E-state index in [0.29, 0.717) is 12.0 Å². The van der Waals surface area contributed by atoms with Gasteiger partial charge in [-0.15, -0.1) is 0 Å². The predicted octanol–water partition coefficient (Wildman–Crippen LogP) is 5.44. The van der Waals surface area contributed by atoms with Gasteiger partial charge in [-0.05, 0) is 36.2 Å². The molecule has 3 rings (SSSR count). The van der Waals surface area contributed by atoms with Crippen LogP contribution in [-0.2, 0) is 0 Å². The van der Waals surface area contributed by atoms with Crippen LogP contribution in [0.3, 0.4) is 0 Å². The van der Waals surface area contributed by atoms with E-state index in [1.54, 1.807) is 12.1 Å². The number of anilines is 1. The van der Waals surface area contributed by atoms with Crippen molar-refractivity contribution < 1.29 is 8.78 Å². The number of rotatable bonds is 3. The van der Waals surface area contributed by atoms with Crippen LogP contribution < -0.4 is 5.32 Å².